The fourth-order valence-corrected chi connectivity index (χ4v) is 3.61. The molecule has 108 valence electrons. The largest absolute Gasteiger partial charge is 0.387 e. The summed E-state index contributed by atoms with van der Waals surface area (Å²) in [5.74, 6) is -0.00745. The first-order valence-electron chi connectivity index (χ1n) is 7.44. The van der Waals surface area contributed by atoms with Crippen LogP contribution in [-0.2, 0) is 5.41 Å². The molecule has 0 heterocycles. The van der Waals surface area contributed by atoms with Crippen molar-refractivity contribution in [3.63, 3.8) is 0 Å². The highest BCUT2D eigenvalue weighted by Crippen LogP contribution is 2.48. The number of fused-ring (bicyclic) bond motifs is 2. The van der Waals surface area contributed by atoms with Crippen LogP contribution in [0.4, 0.5) is 0 Å². The second-order valence-corrected chi connectivity index (χ2v) is 6.05. The van der Waals surface area contributed by atoms with Crippen LogP contribution in [0, 0.1) is 0 Å². The van der Waals surface area contributed by atoms with E-state index in [-0.39, 0.29) is 5.78 Å². The maximum absolute atomic E-state index is 13.0. The Morgan fingerprint density at radius 1 is 0.909 bits per heavy atom. The molecule has 3 aromatic carbocycles. The lowest BCUT2D eigenvalue weighted by molar-refractivity contribution is 0.0687. The number of aliphatic hydroxyl groups excluding tert-OH is 1. The maximum Gasteiger partial charge on any atom is 0.176 e. The zero-order chi connectivity index (χ0) is 15.3. The van der Waals surface area contributed by atoms with Gasteiger partial charge < -0.3 is 5.11 Å². The van der Waals surface area contributed by atoms with Gasteiger partial charge in [0.1, 0.15) is 0 Å². The van der Waals surface area contributed by atoms with Crippen LogP contribution in [0.25, 0.3) is 10.8 Å². The Balaban J connectivity index is 2.01. The van der Waals surface area contributed by atoms with Crippen molar-refractivity contribution in [1.82, 2.24) is 0 Å². The monoisotopic (exact) mass is 288 g/mol. The molecule has 2 unspecified atom stereocenters. The van der Waals surface area contributed by atoms with Gasteiger partial charge in [-0.3, -0.25) is 4.79 Å². The van der Waals surface area contributed by atoms with Crippen molar-refractivity contribution in [1.29, 1.82) is 0 Å². The maximum atomic E-state index is 13.0. The molecule has 22 heavy (non-hydrogen) atoms. The summed E-state index contributed by atoms with van der Waals surface area (Å²) in [4.78, 5) is 13.0. The number of carbonyl (C=O) groups excluding carboxylic acids is 1. The number of carbonyl (C=O) groups is 1. The van der Waals surface area contributed by atoms with Gasteiger partial charge in [-0.05, 0) is 28.8 Å². The first kappa shape index (κ1) is 13.2. The summed E-state index contributed by atoms with van der Waals surface area (Å²) in [5.41, 5.74) is 1.30. The van der Waals surface area contributed by atoms with Gasteiger partial charge in [0.25, 0.3) is 0 Å². The first-order valence-corrected chi connectivity index (χ1v) is 7.44. The standard InChI is InChI=1S/C20H16O2/c1-20(17-12-6-8-13-7-2-3-9-14(13)17)18(21)15-10-4-5-11-16(15)19(20)22/h2-12,18,21H,1H3. The first-order chi connectivity index (χ1) is 10.6. The zero-order valence-electron chi connectivity index (χ0n) is 12.3. The molecule has 0 aliphatic heterocycles. The van der Waals surface area contributed by atoms with Gasteiger partial charge in [-0.1, -0.05) is 66.7 Å². The van der Waals surface area contributed by atoms with E-state index in [0.717, 1.165) is 21.9 Å². The molecule has 0 bridgehead atoms. The lowest BCUT2D eigenvalue weighted by Gasteiger charge is -2.28. The van der Waals surface area contributed by atoms with Gasteiger partial charge >= 0.3 is 0 Å². The third-order valence-electron chi connectivity index (χ3n) is 4.87. The molecule has 1 aliphatic carbocycles. The van der Waals surface area contributed by atoms with Crippen molar-refractivity contribution in [3.8, 4) is 0 Å². The Morgan fingerprint density at radius 2 is 1.59 bits per heavy atom. The highest BCUT2D eigenvalue weighted by atomic mass is 16.3. The Kier molecular flexibility index (Phi) is 2.72. The summed E-state index contributed by atoms with van der Waals surface area (Å²) in [5, 5.41) is 13.0. The van der Waals surface area contributed by atoms with E-state index in [2.05, 4.69) is 0 Å². The SMILES string of the molecule is CC1(c2cccc3ccccc23)C(=O)c2ccccc2C1O. The minimum absolute atomic E-state index is 0.00745. The second-order valence-electron chi connectivity index (χ2n) is 6.05. The molecule has 0 amide bonds. The Labute approximate surface area is 129 Å². The van der Waals surface area contributed by atoms with Crippen molar-refractivity contribution in [2.45, 2.75) is 18.4 Å². The number of ketones is 1. The molecule has 2 atom stereocenters. The Morgan fingerprint density at radius 3 is 2.41 bits per heavy atom. The number of hydrogen-bond acceptors (Lipinski definition) is 2. The molecule has 3 aromatic rings. The third-order valence-corrected chi connectivity index (χ3v) is 4.87. The van der Waals surface area contributed by atoms with E-state index in [9.17, 15) is 9.90 Å². The molecule has 1 aliphatic rings. The molecule has 0 saturated carbocycles. The predicted molar refractivity (Wildman–Crippen MR) is 87.0 cm³/mol. The molecule has 2 nitrogen and oxygen atoms in total. The second kappa shape index (κ2) is 4.52. The number of aliphatic hydroxyl groups is 1. The number of rotatable bonds is 1. The lowest BCUT2D eigenvalue weighted by Crippen LogP contribution is -2.33. The summed E-state index contributed by atoms with van der Waals surface area (Å²) < 4.78 is 0. The molecule has 0 radical (unpaired) electrons. The molecule has 1 N–H and O–H groups in total. The average Bonchev–Trinajstić information content (AvgIpc) is 2.77. The van der Waals surface area contributed by atoms with Crippen LogP contribution in [0.15, 0.2) is 66.7 Å². The Hall–Kier alpha value is -2.45. The zero-order valence-corrected chi connectivity index (χ0v) is 12.3. The summed E-state index contributed by atoms with van der Waals surface area (Å²) in [6.07, 6.45) is -0.818. The number of hydrogen-bond donors (Lipinski definition) is 1. The van der Waals surface area contributed by atoms with Gasteiger partial charge in [-0.25, -0.2) is 0 Å². The molecule has 0 saturated heterocycles. The fourth-order valence-electron chi connectivity index (χ4n) is 3.61. The predicted octanol–water partition coefficient (Wildman–Crippen LogP) is 4.03. The highest BCUT2D eigenvalue weighted by Gasteiger charge is 2.50. The van der Waals surface area contributed by atoms with E-state index in [1.807, 2.05) is 67.6 Å². The average molecular weight is 288 g/mol. The van der Waals surface area contributed by atoms with Crippen molar-refractivity contribution in [2.75, 3.05) is 0 Å². The number of Topliss-reactive ketones (excluding diaryl/α,β-unsaturated/α-hetero) is 1. The van der Waals surface area contributed by atoms with Crippen LogP contribution < -0.4 is 0 Å². The van der Waals surface area contributed by atoms with Gasteiger partial charge in [-0.15, -0.1) is 0 Å². The van der Waals surface area contributed by atoms with Crippen LogP contribution >= 0.6 is 0 Å². The van der Waals surface area contributed by atoms with E-state index in [1.165, 1.54) is 0 Å². The van der Waals surface area contributed by atoms with Crippen LogP contribution in [-0.4, -0.2) is 10.9 Å². The van der Waals surface area contributed by atoms with Gasteiger partial charge in [0.2, 0.25) is 0 Å². The summed E-state index contributed by atoms with van der Waals surface area (Å²) in [7, 11) is 0. The molecule has 2 heteroatoms. The van der Waals surface area contributed by atoms with Gasteiger partial charge in [-0.2, -0.15) is 0 Å². The summed E-state index contributed by atoms with van der Waals surface area (Å²) in [6.45, 7) is 1.85. The minimum atomic E-state index is -0.940. The van der Waals surface area contributed by atoms with Gasteiger partial charge in [0, 0.05) is 5.56 Å². The van der Waals surface area contributed by atoms with Crippen LogP contribution in [0.5, 0.6) is 0 Å². The summed E-state index contributed by atoms with van der Waals surface area (Å²) in [6, 6.07) is 21.3. The van der Waals surface area contributed by atoms with Gasteiger partial charge in [0.05, 0.1) is 11.5 Å². The Bertz CT molecular complexity index is 892. The highest BCUT2D eigenvalue weighted by molar-refractivity contribution is 6.10. The minimum Gasteiger partial charge on any atom is -0.387 e. The molecule has 4 rings (SSSR count). The van der Waals surface area contributed by atoms with Crippen molar-refractivity contribution in [3.05, 3.63) is 83.4 Å². The van der Waals surface area contributed by atoms with Crippen molar-refractivity contribution in [2.24, 2.45) is 0 Å². The van der Waals surface area contributed by atoms with Gasteiger partial charge in [0.15, 0.2) is 5.78 Å². The topological polar surface area (TPSA) is 37.3 Å². The normalized spacial score (nSPS) is 23.7. The summed E-state index contributed by atoms with van der Waals surface area (Å²) >= 11 is 0. The van der Waals surface area contributed by atoms with Crippen molar-refractivity contribution >= 4 is 16.6 Å². The lowest BCUT2D eigenvalue weighted by atomic mass is 9.75. The quantitative estimate of drug-likeness (QED) is 0.734. The molecule has 0 aromatic heterocycles. The van der Waals surface area contributed by atoms with E-state index in [0.29, 0.717) is 5.56 Å². The molecule has 0 spiro atoms. The third kappa shape index (κ3) is 1.56. The van der Waals surface area contributed by atoms with E-state index < -0.39 is 11.5 Å². The fraction of sp³-hybridized carbons (Fsp3) is 0.150. The van der Waals surface area contributed by atoms with E-state index in [1.54, 1.807) is 6.07 Å². The van der Waals surface area contributed by atoms with Crippen LogP contribution in [0.1, 0.15) is 34.5 Å². The van der Waals surface area contributed by atoms with E-state index in [4.69, 9.17) is 0 Å². The van der Waals surface area contributed by atoms with E-state index >= 15 is 0 Å². The van der Waals surface area contributed by atoms with Crippen LogP contribution in [0.3, 0.4) is 0 Å². The molecular formula is C20H16O2. The molecular weight excluding hydrogens is 272 g/mol. The van der Waals surface area contributed by atoms with Crippen molar-refractivity contribution < 1.29 is 9.90 Å². The van der Waals surface area contributed by atoms with Crippen LogP contribution in [0.2, 0.25) is 0 Å². The smallest absolute Gasteiger partial charge is 0.176 e. The molecule has 0 fully saturated rings. The number of benzene rings is 3.